The topological polar surface area (TPSA) is 64.8 Å². The summed E-state index contributed by atoms with van der Waals surface area (Å²) in [6, 6.07) is 4.95. The summed E-state index contributed by atoms with van der Waals surface area (Å²) in [6.07, 6.45) is 0.879. The van der Waals surface area contributed by atoms with Crippen LogP contribution in [0.4, 0.5) is 5.69 Å². The summed E-state index contributed by atoms with van der Waals surface area (Å²) in [4.78, 5) is 13.8. The standard InChI is InChI=1S/C14H22N2O3/c1-4-18-14(17)12-7-6-11(15)10-13(12)19-9-5-8-16(2)3/h6-7,10H,4-5,8-9,15H2,1-3H3. The minimum Gasteiger partial charge on any atom is -0.493 e. The van der Waals surface area contributed by atoms with Crippen molar-refractivity contribution in [1.82, 2.24) is 4.90 Å². The van der Waals surface area contributed by atoms with Crippen LogP contribution in [0.25, 0.3) is 0 Å². The van der Waals surface area contributed by atoms with E-state index >= 15 is 0 Å². The number of hydrogen-bond donors (Lipinski definition) is 1. The van der Waals surface area contributed by atoms with Gasteiger partial charge in [-0.1, -0.05) is 0 Å². The Morgan fingerprint density at radius 2 is 2.11 bits per heavy atom. The van der Waals surface area contributed by atoms with E-state index < -0.39 is 0 Å². The Morgan fingerprint density at radius 1 is 1.37 bits per heavy atom. The monoisotopic (exact) mass is 266 g/mol. The summed E-state index contributed by atoms with van der Waals surface area (Å²) in [6.45, 7) is 3.57. The van der Waals surface area contributed by atoms with Gasteiger partial charge < -0.3 is 20.1 Å². The van der Waals surface area contributed by atoms with Crippen LogP contribution in [0.2, 0.25) is 0 Å². The van der Waals surface area contributed by atoms with E-state index in [1.165, 1.54) is 0 Å². The Hall–Kier alpha value is -1.75. The molecule has 19 heavy (non-hydrogen) atoms. The van der Waals surface area contributed by atoms with Crippen LogP contribution in [0, 0.1) is 0 Å². The molecule has 0 unspecified atom stereocenters. The van der Waals surface area contributed by atoms with E-state index in [-0.39, 0.29) is 5.97 Å². The van der Waals surface area contributed by atoms with Crippen molar-refractivity contribution >= 4 is 11.7 Å². The van der Waals surface area contributed by atoms with E-state index in [1.807, 2.05) is 14.1 Å². The van der Waals surface area contributed by atoms with Crippen molar-refractivity contribution in [1.29, 1.82) is 0 Å². The molecule has 1 aromatic carbocycles. The van der Waals surface area contributed by atoms with Gasteiger partial charge in [0.15, 0.2) is 0 Å². The zero-order chi connectivity index (χ0) is 14.3. The first kappa shape index (κ1) is 15.3. The third kappa shape index (κ3) is 5.18. The number of benzene rings is 1. The lowest BCUT2D eigenvalue weighted by atomic mass is 10.2. The molecule has 0 spiro atoms. The van der Waals surface area contributed by atoms with E-state index in [4.69, 9.17) is 15.2 Å². The molecule has 0 aliphatic heterocycles. The molecule has 5 heteroatoms. The fourth-order valence-corrected chi connectivity index (χ4v) is 1.60. The normalized spacial score (nSPS) is 10.5. The maximum absolute atomic E-state index is 11.8. The molecule has 0 aliphatic carbocycles. The second-order valence-corrected chi connectivity index (χ2v) is 4.48. The average Bonchev–Trinajstić information content (AvgIpc) is 2.34. The number of nitrogen functional groups attached to an aromatic ring is 1. The highest BCUT2D eigenvalue weighted by atomic mass is 16.5. The number of rotatable bonds is 7. The number of anilines is 1. The van der Waals surface area contributed by atoms with Gasteiger partial charge in [0.25, 0.3) is 0 Å². The second kappa shape index (κ2) is 7.63. The van der Waals surface area contributed by atoms with Crippen LogP contribution in [0.5, 0.6) is 5.75 Å². The van der Waals surface area contributed by atoms with Gasteiger partial charge in [-0.25, -0.2) is 4.79 Å². The molecule has 0 saturated carbocycles. The first-order valence-corrected chi connectivity index (χ1v) is 6.38. The molecular weight excluding hydrogens is 244 g/mol. The SMILES string of the molecule is CCOC(=O)c1ccc(N)cc1OCCCN(C)C. The maximum atomic E-state index is 11.8. The summed E-state index contributed by atoms with van der Waals surface area (Å²) < 4.78 is 10.6. The molecule has 0 saturated heterocycles. The fourth-order valence-electron chi connectivity index (χ4n) is 1.60. The Balaban J connectivity index is 2.68. The highest BCUT2D eigenvalue weighted by Gasteiger charge is 2.13. The first-order chi connectivity index (χ1) is 9.04. The van der Waals surface area contributed by atoms with Crippen molar-refractivity contribution in [3.8, 4) is 5.75 Å². The molecule has 1 aromatic rings. The van der Waals surface area contributed by atoms with E-state index in [9.17, 15) is 4.79 Å². The van der Waals surface area contributed by atoms with Crippen LogP contribution in [0.15, 0.2) is 18.2 Å². The van der Waals surface area contributed by atoms with E-state index in [2.05, 4.69) is 4.90 Å². The summed E-state index contributed by atoms with van der Waals surface area (Å²) >= 11 is 0. The van der Waals surface area contributed by atoms with Crippen molar-refractivity contribution < 1.29 is 14.3 Å². The van der Waals surface area contributed by atoms with Crippen LogP contribution >= 0.6 is 0 Å². The van der Waals surface area contributed by atoms with Crippen LogP contribution in [-0.2, 0) is 4.74 Å². The lowest BCUT2D eigenvalue weighted by molar-refractivity contribution is 0.0521. The van der Waals surface area contributed by atoms with Crippen LogP contribution in [-0.4, -0.2) is 44.7 Å². The number of ether oxygens (including phenoxy) is 2. The van der Waals surface area contributed by atoms with Crippen molar-refractivity contribution in [3.63, 3.8) is 0 Å². The predicted octanol–water partition coefficient (Wildman–Crippen LogP) is 1.78. The van der Waals surface area contributed by atoms with Gasteiger partial charge in [-0.05, 0) is 39.6 Å². The van der Waals surface area contributed by atoms with Gasteiger partial charge >= 0.3 is 5.97 Å². The third-order valence-corrected chi connectivity index (χ3v) is 2.51. The molecule has 1 rings (SSSR count). The number of nitrogens with zero attached hydrogens (tertiary/aromatic N) is 1. The summed E-state index contributed by atoms with van der Waals surface area (Å²) in [5.41, 5.74) is 6.70. The fraction of sp³-hybridized carbons (Fsp3) is 0.500. The minimum absolute atomic E-state index is 0.337. The Kier molecular flexibility index (Phi) is 6.15. The summed E-state index contributed by atoms with van der Waals surface area (Å²) in [5.74, 6) is 0.0994. The quantitative estimate of drug-likeness (QED) is 0.463. The van der Waals surface area contributed by atoms with Crippen LogP contribution < -0.4 is 10.5 Å². The number of carbonyl (C=O) groups excluding carboxylic acids is 1. The van der Waals surface area contributed by atoms with Crippen molar-refractivity contribution in [2.24, 2.45) is 0 Å². The van der Waals surface area contributed by atoms with Gasteiger partial charge in [0, 0.05) is 18.3 Å². The lowest BCUT2D eigenvalue weighted by Gasteiger charge is -2.13. The van der Waals surface area contributed by atoms with Gasteiger partial charge in [-0.15, -0.1) is 0 Å². The van der Waals surface area contributed by atoms with Gasteiger partial charge in [-0.2, -0.15) is 0 Å². The second-order valence-electron chi connectivity index (χ2n) is 4.48. The number of esters is 1. The number of hydrogen-bond acceptors (Lipinski definition) is 5. The molecule has 0 aliphatic rings. The van der Waals surface area contributed by atoms with Crippen molar-refractivity contribution in [2.45, 2.75) is 13.3 Å². The first-order valence-electron chi connectivity index (χ1n) is 6.38. The molecule has 106 valence electrons. The zero-order valence-electron chi connectivity index (χ0n) is 11.8. The van der Waals surface area contributed by atoms with Crippen molar-refractivity contribution in [2.75, 3.05) is 39.6 Å². The molecule has 5 nitrogen and oxygen atoms in total. The third-order valence-electron chi connectivity index (χ3n) is 2.51. The highest BCUT2D eigenvalue weighted by Crippen LogP contribution is 2.23. The van der Waals surface area contributed by atoms with Gasteiger partial charge in [-0.3, -0.25) is 0 Å². The van der Waals surface area contributed by atoms with Gasteiger partial charge in [0.05, 0.1) is 13.2 Å². The highest BCUT2D eigenvalue weighted by molar-refractivity contribution is 5.93. The van der Waals surface area contributed by atoms with E-state index in [1.54, 1.807) is 25.1 Å². The summed E-state index contributed by atoms with van der Waals surface area (Å²) in [7, 11) is 4.01. The molecule has 0 radical (unpaired) electrons. The molecule has 0 amide bonds. The van der Waals surface area contributed by atoms with Crippen LogP contribution in [0.1, 0.15) is 23.7 Å². The number of nitrogens with two attached hydrogens (primary N) is 1. The molecule has 0 heterocycles. The predicted molar refractivity (Wildman–Crippen MR) is 75.5 cm³/mol. The largest absolute Gasteiger partial charge is 0.493 e. The Morgan fingerprint density at radius 3 is 2.74 bits per heavy atom. The Labute approximate surface area is 114 Å². The van der Waals surface area contributed by atoms with Crippen LogP contribution in [0.3, 0.4) is 0 Å². The lowest BCUT2D eigenvalue weighted by Crippen LogP contribution is -2.16. The van der Waals surface area contributed by atoms with Crippen molar-refractivity contribution in [3.05, 3.63) is 23.8 Å². The van der Waals surface area contributed by atoms with E-state index in [0.717, 1.165) is 13.0 Å². The zero-order valence-corrected chi connectivity index (χ0v) is 11.8. The molecule has 0 bridgehead atoms. The molecular formula is C14H22N2O3. The maximum Gasteiger partial charge on any atom is 0.341 e. The van der Waals surface area contributed by atoms with Gasteiger partial charge in [0.1, 0.15) is 11.3 Å². The van der Waals surface area contributed by atoms with Gasteiger partial charge in [0.2, 0.25) is 0 Å². The van der Waals surface area contributed by atoms with E-state index in [0.29, 0.717) is 30.2 Å². The minimum atomic E-state index is -0.384. The smallest absolute Gasteiger partial charge is 0.341 e. The Bertz CT molecular complexity index is 419. The molecule has 0 atom stereocenters. The summed E-state index contributed by atoms with van der Waals surface area (Å²) in [5, 5.41) is 0. The average molecular weight is 266 g/mol. The molecule has 0 fully saturated rings. The molecule has 2 N–H and O–H groups in total. The molecule has 0 aromatic heterocycles. The number of carbonyl (C=O) groups is 1.